The lowest BCUT2D eigenvalue weighted by Gasteiger charge is -2.28. The van der Waals surface area contributed by atoms with Crippen molar-refractivity contribution in [2.45, 2.75) is 39.5 Å². The Labute approximate surface area is 70.1 Å². The van der Waals surface area contributed by atoms with Gasteiger partial charge < -0.3 is 4.74 Å². The molecule has 0 N–H and O–H groups in total. The highest BCUT2D eigenvalue weighted by atomic mass is 16.5. The highest BCUT2D eigenvalue weighted by Gasteiger charge is 2.19. The molecule has 1 nitrogen and oxygen atoms in total. The minimum absolute atomic E-state index is 0.847. The minimum atomic E-state index is 0.847. The molecular weight excluding hydrogens is 136 g/mol. The maximum Gasteiger partial charge on any atom is 0.0494 e. The van der Waals surface area contributed by atoms with E-state index in [1.165, 1.54) is 25.7 Å². The fourth-order valence-corrected chi connectivity index (χ4v) is 1.90. The van der Waals surface area contributed by atoms with Gasteiger partial charge in [-0.2, -0.15) is 0 Å². The van der Waals surface area contributed by atoms with Crippen LogP contribution in [-0.4, -0.2) is 13.2 Å². The van der Waals surface area contributed by atoms with E-state index in [0.717, 1.165) is 25.0 Å². The van der Waals surface area contributed by atoms with Crippen LogP contribution in [0.1, 0.15) is 39.5 Å². The van der Waals surface area contributed by atoms with Crippen LogP contribution in [0.5, 0.6) is 0 Å². The average Bonchev–Trinajstić information content (AvgIpc) is 2.06. The summed E-state index contributed by atoms with van der Waals surface area (Å²) < 4.78 is 5.54. The summed E-state index contributed by atoms with van der Waals surface area (Å²) in [5, 5.41) is 0. The van der Waals surface area contributed by atoms with Gasteiger partial charge in [-0.05, 0) is 24.7 Å². The molecule has 0 aromatic heterocycles. The Morgan fingerprint density at radius 1 is 1.18 bits per heavy atom. The third-order valence-corrected chi connectivity index (χ3v) is 2.65. The van der Waals surface area contributed by atoms with Gasteiger partial charge in [0.15, 0.2) is 0 Å². The van der Waals surface area contributed by atoms with Crippen molar-refractivity contribution in [1.82, 2.24) is 0 Å². The van der Waals surface area contributed by atoms with E-state index in [0.29, 0.717) is 0 Å². The van der Waals surface area contributed by atoms with Crippen LogP contribution in [-0.2, 0) is 4.74 Å². The summed E-state index contributed by atoms with van der Waals surface area (Å²) in [5.41, 5.74) is 0. The maximum atomic E-state index is 5.54. The molecule has 1 aliphatic heterocycles. The number of hydrogen-bond donors (Lipinski definition) is 0. The van der Waals surface area contributed by atoms with Crippen molar-refractivity contribution in [3.05, 3.63) is 0 Å². The molecule has 0 saturated carbocycles. The highest BCUT2D eigenvalue weighted by Crippen LogP contribution is 2.24. The third kappa shape index (κ3) is 2.82. The first-order valence-electron chi connectivity index (χ1n) is 4.94. The van der Waals surface area contributed by atoms with Crippen molar-refractivity contribution >= 4 is 0 Å². The van der Waals surface area contributed by atoms with Gasteiger partial charge in [0.1, 0.15) is 0 Å². The average molecular weight is 156 g/mol. The quantitative estimate of drug-likeness (QED) is 0.610. The summed E-state index contributed by atoms with van der Waals surface area (Å²) in [6, 6.07) is 0. The van der Waals surface area contributed by atoms with Gasteiger partial charge in [-0.15, -0.1) is 0 Å². The predicted octanol–water partition coefficient (Wildman–Crippen LogP) is 2.85. The molecule has 0 aliphatic carbocycles. The molecule has 0 radical (unpaired) electrons. The summed E-state index contributed by atoms with van der Waals surface area (Å²) in [4.78, 5) is 0. The smallest absolute Gasteiger partial charge is 0.0494 e. The van der Waals surface area contributed by atoms with Crippen LogP contribution in [0.4, 0.5) is 0 Å². The van der Waals surface area contributed by atoms with Crippen molar-refractivity contribution in [3.8, 4) is 0 Å². The first kappa shape index (κ1) is 9.05. The molecule has 0 bridgehead atoms. The molecule has 66 valence electrons. The fraction of sp³-hybridized carbons (Fsp3) is 1.00. The molecule has 0 aromatic carbocycles. The monoisotopic (exact) mass is 156 g/mol. The van der Waals surface area contributed by atoms with E-state index in [2.05, 4.69) is 13.8 Å². The van der Waals surface area contributed by atoms with Crippen molar-refractivity contribution in [2.24, 2.45) is 11.8 Å². The SMILES string of the molecule is CCCC1COCC(CC)C1. The second kappa shape index (κ2) is 4.76. The summed E-state index contributed by atoms with van der Waals surface area (Å²) in [6.45, 7) is 6.55. The summed E-state index contributed by atoms with van der Waals surface area (Å²) >= 11 is 0. The highest BCUT2D eigenvalue weighted by molar-refractivity contribution is 4.69. The predicted molar refractivity (Wildman–Crippen MR) is 47.6 cm³/mol. The Balaban J connectivity index is 2.21. The van der Waals surface area contributed by atoms with E-state index in [9.17, 15) is 0 Å². The Kier molecular flexibility index (Phi) is 3.92. The Hall–Kier alpha value is -0.0400. The van der Waals surface area contributed by atoms with Crippen molar-refractivity contribution in [1.29, 1.82) is 0 Å². The van der Waals surface area contributed by atoms with Gasteiger partial charge in [0.2, 0.25) is 0 Å². The maximum absolute atomic E-state index is 5.54. The van der Waals surface area contributed by atoms with E-state index < -0.39 is 0 Å². The lowest BCUT2D eigenvalue weighted by Crippen LogP contribution is -2.24. The molecule has 1 heterocycles. The Bertz CT molecular complexity index is 99.0. The zero-order chi connectivity index (χ0) is 8.10. The van der Waals surface area contributed by atoms with Gasteiger partial charge in [-0.25, -0.2) is 0 Å². The second-order valence-electron chi connectivity index (χ2n) is 3.70. The molecular formula is C10H20O. The minimum Gasteiger partial charge on any atom is -0.381 e. The molecule has 1 aliphatic rings. The van der Waals surface area contributed by atoms with Crippen molar-refractivity contribution in [2.75, 3.05) is 13.2 Å². The van der Waals surface area contributed by atoms with Crippen molar-refractivity contribution in [3.63, 3.8) is 0 Å². The van der Waals surface area contributed by atoms with Gasteiger partial charge in [-0.1, -0.05) is 26.7 Å². The summed E-state index contributed by atoms with van der Waals surface area (Å²) in [5.74, 6) is 1.71. The lowest BCUT2D eigenvalue weighted by molar-refractivity contribution is 0.0110. The van der Waals surface area contributed by atoms with Crippen LogP contribution in [0.2, 0.25) is 0 Å². The number of rotatable bonds is 3. The Morgan fingerprint density at radius 2 is 1.91 bits per heavy atom. The van der Waals surface area contributed by atoms with E-state index in [1.54, 1.807) is 0 Å². The van der Waals surface area contributed by atoms with Crippen LogP contribution in [0.15, 0.2) is 0 Å². The standard InChI is InChI=1S/C10H20O/c1-3-5-10-6-9(4-2)7-11-8-10/h9-10H,3-8H2,1-2H3. The lowest BCUT2D eigenvalue weighted by atomic mass is 9.89. The van der Waals surface area contributed by atoms with Crippen LogP contribution in [0.25, 0.3) is 0 Å². The molecule has 2 atom stereocenters. The molecule has 1 fully saturated rings. The normalized spacial score (nSPS) is 32.2. The molecule has 2 unspecified atom stereocenters. The molecule has 11 heavy (non-hydrogen) atoms. The van der Waals surface area contributed by atoms with Crippen LogP contribution >= 0.6 is 0 Å². The fourth-order valence-electron chi connectivity index (χ4n) is 1.90. The molecule has 0 aromatic rings. The van der Waals surface area contributed by atoms with Gasteiger partial charge in [0.05, 0.1) is 0 Å². The van der Waals surface area contributed by atoms with Crippen molar-refractivity contribution < 1.29 is 4.74 Å². The van der Waals surface area contributed by atoms with Gasteiger partial charge in [0, 0.05) is 13.2 Å². The molecule has 1 saturated heterocycles. The number of hydrogen-bond acceptors (Lipinski definition) is 1. The zero-order valence-electron chi connectivity index (χ0n) is 7.81. The zero-order valence-corrected chi connectivity index (χ0v) is 7.81. The first-order chi connectivity index (χ1) is 5.36. The van der Waals surface area contributed by atoms with Crippen LogP contribution in [0, 0.1) is 11.8 Å². The number of ether oxygens (including phenoxy) is 1. The second-order valence-corrected chi connectivity index (χ2v) is 3.70. The molecule has 1 heteroatoms. The summed E-state index contributed by atoms with van der Waals surface area (Å²) in [6.07, 6.45) is 5.37. The van der Waals surface area contributed by atoms with Gasteiger partial charge in [0.25, 0.3) is 0 Å². The first-order valence-corrected chi connectivity index (χ1v) is 4.94. The third-order valence-electron chi connectivity index (χ3n) is 2.65. The van der Waals surface area contributed by atoms with E-state index in [4.69, 9.17) is 4.74 Å². The van der Waals surface area contributed by atoms with Gasteiger partial charge in [-0.3, -0.25) is 0 Å². The molecule has 0 amide bonds. The van der Waals surface area contributed by atoms with E-state index >= 15 is 0 Å². The topological polar surface area (TPSA) is 9.23 Å². The van der Waals surface area contributed by atoms with Gasteiger partial charge >= 0.3 is 0 Å². The molecule has 0 spiro atoms. The van der Waals surface area contributed by atoms with Crippen LogP contribution in [0.3, 0.4) is 0 Å². The largest absolute Gasteiger partial charge is 0.381 e. The summed E-state index contributed by atoms with van der Waals surface area (Å²) in [7, 11) is 0. The van der Waals surface area contributed by atoms with E-state index in [1.807, 2.05) is 0 Å². The molecule has 1 rings (SSSR count). The Morgan fingerprint density at radius 3 is 2.55 bits per heavy atom. The van der Waals surface area contributed by atoms with Crippen LogP contribution < -0.4 is 0 Å². The van der Waals surface area contributed by atoms with E-state index in [-0.39, 0.29) is 0 Å².